The van der Waals surface area contributed by atoms with Crippen molar-refractivity contribution in [1.29, 1.82) is 0 Å². The molecule has 0 bridgehead atoms. The zero-order valence-electron chi connectivity index (χ0n) is 8.17. The van der Waals surface area contributed by atoms with Crippen molar-refractivity contribution in [2.45, 2.75) is 0 Å². The summed E-state index contributed by atoms with van der Waals surface area (Å²) in [5, 5.41) is 14.8. The Morgan fingerprint density at radius 3 is 0.471 bits per heavy atom. The maximum atomic E-state index is 8.25. The Labute approximate surface area is 126 Å². The fourth-order valence-electron chi connectivity index (χ4n) is 0. The molecule has 16 nitrogen and oxygen atoms in total. The molecule has 0 aliphatic carbocycles. The topological polar surface area (TPSA) is 444 Å². The van der Waals surface area contributed by atoms with Gasteiger partial charge in [-0.15, -0.1) is 0 Å². The van der Waals surface area contributed by atoms with Crippen molar-refractivity contribution in [2.24, 2.45) is 0 Å². The first kappa shape index (κ1) is 473. The molecule has 0 aromatic heterocycles. The van der Waals surface area contributed by atoms with E-state index in [0.29, 0.717) is 0 Å². The van der Waals surface area contributed by atoms with E-state index in [1.165, 1.54) is 0 Å². The second-order valence-corrected chi connectivity index (χ2v) is 0.224. The molecule has 0 radical (unpaired) electrons. The summed E-state index contributed by atoms with van der Waals surface area (Å²) in [4.78, 5) is 8.25. The van der Waals surface area contributed by atoms with E-state index in [2.05, 4.69) is 0 Å². The molecule has 0 saturated heterocycles. The van der Waals surface area contributed by atoms with Gasteiger partial charge in [0.05, 0.1) is 5.09 Å². The van der Waals surface area contributed by atoms with Crippen LogP contribution in [0, 0.1) is 55.3 Å². The zero-order valence-corrected chi connectivity index (χ0v) is 12.3. The maximum absolute atomic E-state index is 8.25. The van der Waals surface area contributed by atoms with E-state index in [1.54, 1.807) is 0 Å². The average molecular weight is 510 g/mol. The summed E-state index contributed by atoms with van der Waals surface area (Å²) in [5.41, 5.74) is 0. The quantitative estimate of drug-likeness (QED) is 0.226. The molecule has 0 aromatic rings. The molecule has 0 unspecified atom stereocenters. The average Bonchev–Trinajstić information content (AvgIpc) is 0.811. The molecule has 0 amide bonds. The van der Waals surface area contributed by atoms with Crippen LogP contribution >= 0.6 is 0 Å². The summed E-state index contributed by atoms with van der Waals surface area (Å²) in [6, 6.07) is 0. The fourth-order valence-corrected chi connectivity index (χ4v) is 0. The van der Waals surface area contributed by atoms with Crippen molar-refractivity contribution in [3.8, 4) is 0 Å². The van der Waals surface area contributed by atoms with Gasteiger partial charge in [-0.2, -0.15) is 0 Å². The molecule has 0 atom stereocenters. The van der Waals surface area contributed by atoms with E-state index in [-0.39, 0.29) is 106 Å². The van der Waals surface area contributed by atoms with Gasteiger partial charge in [0, 0.05) is 0 Å². The van der Waals surface area contributed by atoms with Gasteiger partial charge in [-0.25, -0.2) is 0 Å². The van der Waals surface area contributed by atoms with Crippen LogP contribution in [0.4, 0.5) is 0 Å². The van der Waals surface area contributed by atoms with Crippen LogP contribution in [0.2, 0.25) is 0 Å². The first-order valence-electron chi connectivity index (χ1n) is 0.548. The molecule has 0 aliphatic heterocycles. The van der Waals surface area contributed by atoms with Crippen molar-refractivity contribution >= 4 is 0 Å². The van der Waals surface area contributed by atoms with Crippen LogP contribution in [0.15, 0.2) is 0 Å². The molecule has 0 aromatic carbocycles. The molecule has 0 aliphatic rings. The Morgan fingerprint density at radius 1 is 0.471 bits per heavy atom. The van der Waals surface area contributed by atoms with Gasteiger partial charge in [-0.05, 0) is 0 Å². The Hall–Kier alpha value is 0.0447. The van der Waals surface area contributed by atoms with Gasteiger partial charge >= 0.3 is 39.9 Å². The van der Waals surface area contributed by atoms with Gasteiger partial charge in [-0.1, -0.05) is 0 Å². The van der Waals surface area contributed by atoms with Crippen LogP contribution in [0.5, 0.6) is 0 Å². The summed E-state index contributed by atoms with van der Waals surface area (Å²) >= 11 is 0. The third kappa shape index (κ3) is 1590000. The van der Waals surface area contributed by atoms with Crippen LogP contribution < -0.4 is 0 Å². The van der Waals surface area contributed by atoms with Gasteiger partial charge in [0.25, 0.3) is 0 Å². The minimum absolute atomic E-state index is 0. The van der Waals surface area contributed by atoms with Crippen molar-refractivity contribution in [2.75, 3.05) is 0 Å². The molecule has 0 fully saturated rings. The zero-order chi connectivity index (χ0) is 3.58. The van der Waals surface area contributed by atoms with Crippen LogP contribution in [0.25, 0.3) is 0 Å². The number of hydrogen-bond acceptors (Lipinski definition) is 3. The van der Waals surface area contributed by atoms with E-state index >= 15 is 0 Å². The fraction of sp³-hybridized carbons (Fsp3) is 0. The third-order valence-corrected chi connectivity index (χ3v) is 0. The number of hydrogen-bond donors (Lipinski definition) is 0. The molecule has 17 heavy (non-hydrogen) atoms. The summed E-state index contributed by atoms with van der Waals surface area (Å²) in [6.45, 7) is 0. The van der Waals surface area contributed by atoms with E-state index in [0.717, 1.165) is 0 Å². The summed E-state index contributed by atoms with van der Waals surface area (Å²) in [7, 11) is 0. The number of nitrogens with zero attached hydrogens (tertiary/aromatic N) is 1. The van der Waals surface area contributed by atoms with Gasteiger partial charge in [0.1, 0.15) is 0 Å². The third-order valence-electron chi connectivity index (χ3n) is 0. The normalized spacial score (nSPS) is 1.41. The minimum atomic E-state index is -1.75. The second kappa shape index (κ2) is 392. The Bertz CT molecular complexity index is 33.9. The van der Waals surface area contributed by atoms with Crippen molar-refractivity contribution in [3.63, 3.8) is 0 Å². The van der Waals surface area contributed by atoms with E-state index in [1.807, 2.05) is 0 Å². The van der Waals surface area contributed by atoms with E-state index in [9.17, 15) is 0 Å². The SMILES string of the molecule is O.O.O.O.O.O.O.O.O.O.O.O.O=[N+]([O-])[O-].[Th+2]. The van der Waals surface area contributed by atoms with Crippen molar-refractivity contribution in [3.05, 3.63) is 15.3 Å². The molecule has 24 N–H and O–H groups in total. The molecular weight excluding hydrogens is 486 g/mol. The second-order valence-electron chi connectivity index (χ2n) is 0.224. The minimum Gasteiger partial charge on any atom is -0.412 e. The maximum Gasteiger partial charge on any atom is 2.00 e. The monoisotopic (exact) mass is 510 g/mol. The molecular formula is H24NO15Th+. The molecule has 0 rings (SSSR count). The molecule has 122 valence electrons. The van der Waals surface area contributed by atoms with E-state index in [4.69, 9.17) is 15.3 Å². The molecule has 17 heteroatoms. The van der Waals surface area contributed by atoms with Gasteiger partial charge in [0.2, 0.25) is 0 Å². The predicted molar refractivity (Wildman–Crippen MR) is 53.7 cm³/mol. The van der Waals surface area contributed by atoms with Crippen molar-refractivity contribution in [1.82, 2.24) is 0 Å². The van der Waals surface area contributed by atoms with Crippen LogP contribution in [-0.4, -0.2) is 70.8 Å². The standard InChI is InChI=1S/NO3.12H2O.Th/c2-1(3)4;;;;;;;;;;;;;/h;12*1H2;/q-1;;;;;;;;;;;;;+2. The van der Waals surface area contributed by atoms with Crippen molar-refractivity contribution < 1.29 is 111 Å². The largest absolute Gasteiger partial charge is 2.00 e. The Kier molecular flexibility index (Phi) is 10900. The van der Waals surface area contributed by atoms with Gasteiger partial charge < -0.3 is 81.0 Å². The molecule has 0 spiro atoms. The smallest absolute Gasteiger partial charge is 0.412 e. The predicted octanol–water partition coefficient (Wildman–Crippen LogP) is -10.1. The first-order chi connectivity index (χ1) is 1.73. The molecule has 0 heterocycles. The Morgan fingerprint density at radius 2 is 0.471 bits per heavy atom. The summed E-state index contributed by atoms with van der Waals surface area (Å²) in [5.74, 6) is 0. The van der Waals surface area contributed by atoms with E-state index < -0.39 is 5.09 Å². The molecule has 0 saturated carbocycles. The summed E-state index contributed by atoms with van der Waals surface area (Å²) < 4.78 is 0. The van der Waals surface area contributed by atoms with Crippen LogP contribution in [-0.2, 0) is 0 Å². The first-order valence-corrected chi connectivity index (χ1v) is 0.548. The van der Waals surface area contributed by atoms with Gasteiger partial charge in [0.15, 0.2) is 0 Å². The van der Waals surface area contributed by atoms with Crippen LogP contribution in [0.3, 0.4) is 0 Å². The van der Waals surface area contributed by atoms with Gasteiger partial charge in [-0.3, -0.25) is 0 Å². The summed E-state index contributed by atoms with van der Waals surface area (Å²) in [6.07, 6.45) is 0. The Balaban J connectivity index is -0.000000000577. The number of rotatable bonds is 0. The van der Waals surface area contributed by atoms with Crippen LogP contribution in [0.1, 0.15) is 0 Å².